The number of aryl methyl sites for hydroxylation is 1. The maximum absolute atomic E-state index is 13.4. The number of para-hydroxylation sites is 1. The Kier molecular flexibility index (Phi) is 9.89. The Morgan fingerprint density at radius 3 is 2.66 bits per heavy atom. The summed E-state index contributed by atoms with van der Waals surface area (Å²) in [7, 11) is 3.31. The minimum Gasteiger partial charge on any atom is -0.392 e. The number of aldehydes is 1. The molecule has 1 amide bonds. The molecule has 2 aromatic carbocycles. The molecule has 2 aromatic heterocycles. The van der Waals surface area contributed by atoms with Crippen LogP contribution in [0.5, 0.6) is 0 Å². The predicted molar refractivity (Wildman–Crippen MR) is 167 cm³/mol. The average molecular weight is 553 g/mol. The molecule has 0 spiro atoms. The minimum atomic E-state index is -0.0831. The number of aromatic amines is 1. The predicted octanol–water partition coefficient (Wildman–Crippen LogP) is 4.63. The van der Waals surface area contributed by atoms with Gasteiger partial charge in [-0.2, -0.15) is 4.99 Å². The first-order valence-electron chi connectivity index (χ1n) is 12.7. The maximum atomic E-state index is 13.4. The van der Waals surface area contributed by atoms with E-state index in [0.717, 1.165) is 56.5 Å². The number of amides is 1. The molecule has 0 unspecified atom stereocenters. The number of allylic oxidation sites excluding steroid dienone is 2. The Bertz CT molecular complexity index is 1670. The number of nitrogens with one attached hydrogen (secondary N) is 2. The zero-order valence-corrected chi connectivity index (χ0v) is 22.9. The molecule has 0 saturated heterocycles. The fraction of sp³-hybridized carbons (Fsp3) is 0.194. The Labute approximate surface area is 239 Å². The molecule has 1 aliphatic rings. The first-order valence-corrected chi connectivity index (χ1v) is 12.7. The highest BCUT2D eigenvalue weighted by Gasteiger charge is 2.31. The summed E-state index contributed by atoms with van der Waals surface area (Å²) in [6.07, 6.45) is 9.23. The van der Waals surface area contributed by atoms with Crippen molar-refractivity contribution in [3.8, 4) is 11.3 Å². The van der Waals surface area contributed by atoms with Gasteiger partial charge in [0.15, 0.2) is 0 Å². The van der Waals surface area contributed by atoms with E-state index in [4.69, 9.17) is 5.73 Å². The Balaban J connectivity index is 0.00000151. The van der Waals surface area contributed by atoms with Crippen LogP contribution >= 0.6 is 0 Å². The first-order chi connectivity index (χ1) is 19.4. The van der Waals surface area contributed by atoms with Gasteiger partial charge in [0.05, 0.1) is 23.4 Å². The van der Waals surface area contributed by atoms with Crippen molar-refractivity contribution >= 4 is 46.6 Å². The molecule has 6 N–H and O–H groups in total. The summed E-state index contributed by atoms with van der Waals surface area (Å²) in [6, 6.07) is 11.4. The van der Waals surface area contributed by atoms with Crippen LogP contribution in [-0.4, -0.2) is 47.1 Å². The number of aromatic nitrogens is 3. The fourth-order valence-corrected chi connectivity index (χ4v) is 4.61. The van der Waals surface area contributed by atoms with Gasteiger partial charge in [-0.1, -0.05) is 37.8 Å². The fourth-order valence-electron chi connectivity index (χ4n) is 4.61. The second-order valence-electron chi connectivity index (χ2n) is 8.98. The Morgan fingerprint density at radius 1 is 1.17 bits per heavy atom. The van der Waals surface area contributed by atoms with Gasteiger partial charge in [0.25, 0.3) is 11.9 Å². The van der Waals surface area contributed by atoms with Crippen molar-refractivity contribution in [1.82, 2.24) is 20.3 Å². The number of rotatable bonds is 7. The molecule has 41 heavy (non-hydrogen) atoms. The topological polar surface area (TPSA) is 155 Å². The van der Waals surface area contributed by atoms with Gasteiger partial charge in [-0.3, -0.25) is 9.59 Å². The number of amidine groups is 1. The maximum Gasteiger partial charge on any atom is 0.259 e. The van der Waals surface area contributed by atoms with E-state index in [1.54, 1.807) is 23.2 Å². The first kappa shape index (κ1) is 30.5. The van der Waals surface area contributed by atoms with Crippen molar-refractivity contribution in [1.29, 1.82) is 0 Å². The van der Waals surface area contributed by atoms with Crippen LogP contribution in [0.15, 0.2) is 71.6 Å². The van der Waals surface area contributed by atoms with E-state index in [9.17, 15) is 9.59 Å². The minimum absolute atomic E-state index is 0. The van der Waals surface area contributed by atoms with E-state index in [0.29, 0.717) is 17.9 Å². The summed E-state index contributed by atoms with van der Waals surface area (Å²) >= 11 is 0. The molecule has 212 valence electrons. The van der Waals surface area contributed by atoms with Crippen molar-refractivity contribution < 1.29 is 9.59 Å². The number of nitrogens with zero attached hydrogens (tertiary/aromatic N) is 4. The SMILES string of the molecule is C.CN.CN/C(C)=C\C(N)=N/c1ncc(C)c(-c2c[nH]c3c(N4Cc5c(/C=C/C=O)cccc5C4=O)cccc23)n1. The average Bonchev–Trinajstić information content (AvgIpc) is 3.55. The molecule has 3 heterocycles. The van der Waals surface area contributed by atoms with Crippen LogP contribution in [0.1, 0.15) is 41.4 Å². The normalized spacial score (nSPS) is 13.1. The van der Waals surface area contributed by atoms with Crippen LogP contribution < -0.4 is 21.7 Å². The third-order valence-corrected chi connectivity index (χ3v) is 6.54. The third-order valence-electron chi connectivity index (χ3n) is 6.54. The van der Waals surface area contributed by atoms with E-state index >= 15 is 0 Å². The summed E-state index contributed by atoms with van der Waals surface area (Å²) in [4.78, 5) is 42.7. The number of aliphatic imine (C=N–C) groups is 1. The van der Waals surface area contributed by atoms with Crippen LogP contribution in [-0.2, 0) is 11.3 Å². The number of hydrogen-bond acceptors (Lipinski definition) is 7. The lowest BCUT2D eigenvalue weighted by atomic mass is 10.0. The number of carbonyl (C=O) groups excluding carboxylic acids is 2. The van der Waals surface area contributed by atoms with Crippen molar-refractivity contribution in [2.75, 3.05) is 19.0 Å². The molecule has 5 rings (SSSR count). The molecular formula is C31H36N8O2. The zero-order valence-electron chi connectivity index (χ0n) is 22.9. The number of benzene rings is 2. The highest BCUT2D eigenvalue weighted by atomic mass is 16.2. The Morgan fingerprint density at radius 2 is 1.93 bits per heavy atom. The van der Waals surface area contributed by atoms with Crippen LogP contribution in [0.4, 0.5) is 11.6 Å². The molecule has 0 fully saturated rings. The van der Waals surface area contributed by atoms with Crippen LogP contribution in [0.2, 0.25) is 0 Å². The van der Waals surface area contributed by atoms with Crippen molar-refractivity contribution in [2.24, 2.45) is 16.5 Å². The van der Waals surface area contributed by atoms with Crippen molar-refractivity contribution in [2.45, 2.75) is 27.8 Å². The van der Waals surface area contributed by atoms with Crippen molar-refractivity contribution in [3.05, 3.63) is 88.9 Å². The largest absolute Gasteiger partial charge is 0.392 e. The molecule has 1 aliphatic heterocycles. The van der Waals surface area contributed by atoms with Gasteiger partial charge in [0.1, 0.15) is 12.1 Å². The Hall–Kier alpha value is -5.09. The quantitative estimate of drug-likeness (QED) is 0.113. The number of carbonyl (C=O) groups is 2. The summed E-state index contributed by atoms with van der Waals surface area (Å²) in [6.45, 7) is 4.24. The number of anilines is 1. The molecule has 0 atom stereocenters. The van der Waals surface area contributed by atoms with Gasteiger partial charge in [0.2, 0.25) is 0 Å². The molecule has 0 bridgehead atoms. The van der Waals surface area contributed by atoms with Gasteiger partial charge < -0.3 is 26.7 Å². The van der Waals surface area contributed by atoms with Crippen LogP contribution in [0.3, 0.4) is 0 Å². The summed E-state index contributed by atoms with van der Waals surface area (Å²) in [5, 5.41) is 3.92. The standard InChI is InChI=1S/C29H27N7O2.CH5N.CH4/c1-17-14-33-29(34-25(30)13-18(2)31-3)35-26(17)22-15-32-27-20(22)9-5-11-24(27)36-16-23-19(8-6-12-37)7-4-10-21(23)28(36)38;1-2;/h4-15,31-32H,16H2,1-3H3,(H2,30,33,34,35);2H2,1H3;1H4/b8-6+,18-13-;;. The second-order valence-corrected chi connectivity index (χ2v) is 8.98. The van der Waals surface area contributed by atoms with Gasteiger partial charge in [-0.05, 0) is 61.9 Å². The molecule has 4 aromatic rings. The molecule has 0 radical (unpaired) electrons. The number of fused-ring (bicyclic) bond motifs is 2. The van der Waals surface area contributed by atoms with E-state index in [2.05, 4.69) is 31.0 Å². The van der Waals surface area contributed by atoms with E-state index in [1.807, 2.05) is 63.5 Å². The van der Waals surface area contributed by atoms with Gasteiger partial charge >= 0.3 is 0 Å². The van der Waals surface area contributed by atoms with E-state index in [1.165, 1.54) is 13.1 Å². The molecule has 0 aliphatic carbocycles. The van der Waals surface area contributed by atoms with Gasteiger partial charge in [-0.25, -0.2) is 9.97 Å². The lowest BCUT2D eigenvalue weighted by Gasteiger charge is -2.17. The van der Waals surface area contributed by atoms with Crippen LogP contribution in [0.25, 0.3) is 28.2 Å². The van der Waals surface area contributed by atoms with Gasteiger partial charge in [-0.15, -0.1) is 0 Å². The highest BCUT2D eigenvalue weighted by Crippen LogP contribution is 2.38. The number of H-pyrrole nitrogens is 1. The monoisotopic (exact) mass is 552 g/mol. The third kappa shape index (κ3) is 6.07. The summed E-state index contributed by atoms with van der Waals surface area (Å²) in [5.41, 5.74) is 17.9. The van der Waals surface area contributed by atoms with Crippen molar-refractivity contribution in [3.63, 3.8) is 0 Å². The lowest BCUT2D eigenvalue weighted by molar-refractivity contribution is -0.104. The van der Waals surface area contributed by atoms with Crippen LogP contribution in [0, 0.1) is 6.92 Å². The zero-order chi connectivity index (χ0) is 28.8. The molecule has 0 saturated carbocycles. The van der Waals surface area contributed by atoms with E-state index < -0.39 is 0 Å². The lowest BCUT2D eigenvalue weighted by Crippen LogP contribution is -2.23. The van der Waals surface area contributed by atoms with E-state index in [-0.39, 0.29) is 19.3 Å². The van der Waals surface area contributed by atoms with Gasteiger partial charge in [0, 0.05) is 41.7 Å². The summed E-state index contributed by atoms with van der Waals surface area (Å²) < 4.78 is 0. The molecule has 10 heteroatoms. The summed E-state index contributed by atoms with van der Waals surface area (Å²) in [5.74, 6) is 0.470. The number of nitrogens with two attached hydrogens (primary N) is 2. The molecular weight excluding hydrogens is 516 g/mol. The molecule has 10 nitrogen and oxygen atoms in total. The number of hydrogen-bond donors (Lipinski definition) is 4. The second kappa shape index (κ2) is 13.3. The smallest absolute Gasteiger partial charge is 0.259 e. The highest BCUT2D eigenvalue weighted by molar-refractivity contribution is 6.15.